The minimum absolute atomic E-state index is 0.134. The maximum Gasteiger partial charge on any atom is 0.280 e. The highest BCUT2D eigenvalue weighted by molar-refractivity contribution is 7.13. The van der Waals surface area contributed by atoms with E-state index in [1.165, 1.54) is 16.2 Å². The second-order valence-corrected chi connectivity index (χ2v) is 8.87. The zero-order valence-electron chi connectivity index (χ0n) is 17.4. The second-order valence-electron chi connectivity index (χ2n) is 7.78. The van der Waals surface area contributed by atoms with Crippen LogP contribution in [0.1, 0.15) is 38.8 Å². The Morgan fingerprint density at radius 1 is 1.10 bits per heavy atom. The summed E-state index contributed by atoms with van der Waals surface area (Å²) in [6.45, 7) is 4.39. The van der Waals surface area contributed by atoms with E-state index in [1.807, 2.05) is 29.2 Å². The van der Waals surface area contributed by atoms with Crippen molar-refractivity contribution < 1.29 is 14.3 Å². The van der Waals surface area contributed by atoms with Gasteiger partial charge in [0, 0.05) is 44.0 Å². The van der Waals surface area contributed by atoms with Crippen molar-refractivity contribution in [1.29, 1.82) is 0 Å². The molecule has 0 atom stereocenters. The predicted molar refractivity (Wildman–Crippen MR) is 116 cm³/mol. The molecule has 2 aliphatic heterocycles. The molecule has 0 saturated carbocycles. The number of carbonyl (C=O) groups is 2. The van der Waals surface area contributed by atoms with Crippen LogP contribution in [0.15, 0.2) is 24.3 Å². The van der Waals surface area contributed by atoms with Crippen molar-refractivity contribution in [3.05, 3.63) is 45.4 Å². The van der Waals surface area contributed by atoms with E-state index >= 15 is 0 Å². The van der Waals surface area contributed by atoms with Gasteiger partial charge in [0.1, 0.15) is 5.75 Å². The van der Waals surface area contributed by atoms with Gasteiger partial charge < -0.3 is 15.0 Å². The van der Waals surface area contributed by atoms with Crippen LogP contribution in [-0.4, -0.2) is 66.4 Å². The molecule has 30 heavy (non-hydrogen) atoms. The fraction of sp³-hybridized carbons (Fsp3) is 0.500. The number of aromatic nitrogens is 1. The Balaban J connectivity index is 1.29. The van der Waals surface area contributed by atoms with Gasteiger partial charge in [-0.1, -0.05) is 12.1 Å². The number of nitrogens with one attached hydrogen (secondary N) is 1. The molecule has 1 fully saturated rings. The number of nitrogens with zero attached hydrogens (tertiary/aromatic N) is 3. The monoisotopic (exact) mass is 428 g/mol. The van der Waals surface area contributed by atoms with E-state index in [0.29, 0.717) is 18.1 Å². The van der Waals surface area contributed by atoms with Crippen LogP contribution in [-0.2, 0) is 24.2 Å². The van der Waals surface area contributed by atoms with Crippen LogP contribution in [0.5, 0.6) is 5.75 Å². The highest BCUT2D eigenvalue weighted by atomic mass is 32.1. The molecule has 0 spiro atoms. The first-order chi connectivity index (χ1) is 14.6. The van der Waals surface area contributed by atoms with Gasteiger partial charge in [0.15, 0.2) is 5.01 Å². The highest BCUT2D eigenvalue weighted by Crippen LogP contribution is 2.23. The third kappa shape index (κ3) is 4.99. The van der Waals surface area contributed by atoms with Gasteiger partial charge in [0.25, 0.3) is 5.91 Å². The lowest BCUT2D eigenvalue weighted by Gasteiger charge is -2.23. The van der Waals surface area contributed by atoms with Gasteiger partial charge >= 0.3 is 0 Å². The van der Waals surface area contributed by atoms with Gasteiger partial charge in [-0.25, -0.2) is 4.98 Å². The number of benzene rings is 1. The fourth-order valence-electron chi connectivity index (χ4n) is 3.92. The van der Waals surface area contributed by atoms with Crippen molar-refractivity contribution in [3.63, 3.8) is 0 Å². The first-order valence-corrected chi connectivity index (χ1v) is 11.3. The summed E-state index contributed by atoms with van der Waals surface area (Å²) < 4.78 is 5.16. The Labute approximate surface area is 181 Å². The Morgan fingerprint density at radius 2 is 1.83 bits per heavy atom. The van der Waals surface area contributed by atoms with Crippen LogP contribution in [0.2, 0.25) is 0 Å². The molecule has 3 heterocycles. The minimum atomic E-state index is -0.134. The van der Waals surface area contributed by atoms with Crippen molar-refractivity contribution in [2.45, 2.75) is 32.2 Å². The van der Waals surface area contributed by atoms with E-state index < -0.39 is 0 Å². The number of hydrogen-bond donors (Lipinski definition) is 1. The van der Waals surface area contributed by atoms with E-state index in [1.54, 1.807) is 7.11 Å². The molecule has 1 saturated heterocycles. The average Bonchev–Trinajstić information content (AvgIpc) is 3.41. The summed E-state index contributed by atoms with van der Waals surface area (Å²) in [6, 6.07) is 7.64. The van der Waals surface area contributed by atoms with E-state index in [-0.39, 0.29) is 11.8 Å². The summed E-state index contributed by atoms with van der Waals surface area (Å²) in [4.78, 5) is 34.9. The van der Waals surface area contributed by atoms with Crippen molar-refractivity contribution in [3.8, 4) is 5.75 Å². The first-order valence-electron chi connectivity index (χ1n) is 10.5. The van der Waals surface area contributed by atoms with Crippen LogP contribution >= 0.6 is 11.3 Å². The molecular weight excluding hydrogens is 400 g/mol. The summed E-state index contributed by atoms with van der Waals surface area (Å²) in [6.07, 6.45) is 3.86. The molecule has 0 bridgehead atoms. The molecule has 0 unspecified atom stereocenters. The largest absolute Gasteiger partial charge is 0.497 e. The zero-order valence-corrected chi connectivity index (χ0v) is 18.2. The van der Waals surface area contributed by atoms with Crippen molar-refractivity contribution in [2.75, 3.05) is 39.8 Å². The Hall–Kier alpha value is -2.45. The molecule has 4 rings (SSSR count). The zero-order chi connectivity index (χ0) is 20.9. The topological polar surface area (TPSA) is 74.8 Å². The molecule has 2 aromatic rings. The van der Waals surface area contributed by atoms with Gasteiger partial charge in [-0.3, -0.25) is 14.5 Å². The van der Waals surface area contributed by atoms with Crippen LogP contribution in [0.4, 0.5) is 0 Å². The maximum absolute atomic E-state index is 12.6. The number of fused-ring (bicyclic) bond motifs is 1. The van der Waals surface area contributed by atoms with Crippen LogP contribution in [0.3, 0.4) is 0 Å². The summed E-state index contributed by atoms with van der Waals surface area (Å²) in [5.74, 6) is 0.902. The molecule has 2 aliphatic rings. The minimum Gasteiger partial charge on any atom is -0.497 e. The second kappa shape index (κ2) is 9.57. The van der Waals surface area contributed by atoms with Crippen LogP contribution in [0, 0.1) is 0 Å². The molecule has 7 nitrogen and oxygen atoms in total. The van der Waals surface area contributed by atoms with Crippen molar-refractivity contribution in [2.24, 2.45) is 0 Å². The van der Waals surface area contributed by atoms with Crippen LogP contribution < -0.4 is 10.1 Å². The smallest absolute Gasteiger partial charge is 0.280 e. The summed E-state index contributed by atoms with van der Waals surface area (Å²) in [5.41, 5.74) is 2.02. The van der Waals surface area contributed by atoms with Gasteiger partial charge in [0.05, 0.1) is 19.3 Å². The number of thiazole rings is 1. The van der Waals surface area contributed by atoms with E-state index in [0.717, 1.165) is 68.9 Å². The molecule has 1 N–H and O–H groups in total. The maximum atomic E-state index is 12.6. The molecule has 160 valence electrons. The first kappa shape index (κ1) is 20.8. The lowest BCUT2D eigenvalue weighted by atomic mass is 10.2. The lowest BCUT2D eigenvalue weighted by molar-refractivity contribution is -0.131. The quantitative estimate of drug-likeness (QED) is 0.763. The van der Waals surface area contributed by atoms with E-state index in [2.05, 4.69) is 15.2 Å². The molecule has 1 aromatic heterocycles. The normalized spacial score (nSPS) is 16.8. The van der Waals surface area contributed by atoms with Crippen LogP contribution in [0.25, 0.3) is 0 Å². The predicted octanol–water partition coefficient (Wildman–Crippen LogP) is 2.10. The van der Waals surface area contributed by atoms with Crippen molar-refractivity contribution in [1.82, 2.24) is 20.1 Å². The number of ether oxygens (including phenoxy) is 1. The SMILES string of the molecule is COc1ccc(CNC(=O)c2nc3c(s2)CCN(CC(=O)N2CCCC2)CC3)cc1. The molecule has 0 aliphatic carbocycles. The molecular formula is C22H28N4O3S. The van der Waals surface area contributed by atoms with Crippen molar-refractivity contribution >= 4 is 23.2 Å². The number of hydrogen-bond acceptors (Lipinski definition) is 6. The number of carbonyl (C=O) groups excluding carboxylic acids is 2. The van der Waals surface area contributed by atoms with E-state index in [4.69, 9.17) is 4.74 Å². The number of amides is 2. The summed E-state index contributed by atoms with van der Waals surface area (Å²) >= 11 is 1.48. The molecule has 1 aromatic carbocycles. The van der Waals surface area contributed by atoms with Gasteiger partial charge in [-0.15, -0.1) is 11.3 Å². The molecule has 2 amide bonds. The summed E-state index contributed by atoms with van der Waals surface area (Å²) in [5, 5.41) is 3.47. The Bertz CT molecular complexity index is 865. The third-order valence-corrected chi connectivity index (χ3v) is 6.88. The van der Waals surface area contributed by atoms with E-state index in [9.17, 15) is 9.59 Å². The number of likely N-dealkylation sites (tertiary alicyclic amines) is 1. The molecule has 8 heteroatoms. The number of rotatable bonds is 6. The lowest BCUT2D eigenvalue weighted by Crippen LogP contribution is -2.40. The Kier molecular flexibility index (Phi) is 6.64. The summed E-state index contributed by atoms with van der Waals surface area (Å²) in [7, 11) is 1.63. The third-order valence-electron chi connectivity index (χ3n) is 5.72. The number of methoxy groups -OCH3 is 1. The molecule has 0 radical (unpaired) electrons. The standard InChI is InChI=1S/C22H28N4O3S/c1-29-17-6-4-16(5-7-17)14-23-21(28)22-24-18-8-12-25(13-9-19(18)30-22)15-20(27)26-10-2-3-11-26/h4-7H,2-3,8-15H2,1H3,(H,23,28). The fourth-order valence-corrected chi connectivity index (χ4v) is 4.94. The van der Waals surface area contributed by atoms with Gasteiger partial charge in [0.2, 0.25) is 5.91 Å². The van der Waals surface area contributed by atoms with Gasteiger partial charge in [-0.05, 0) is 37.0 Å². The van der Waals surface area contributed by atoms with Gasteiger partial charge in [-0.2, -0.15) is 0 Å². The highest BCUT2D eigenvalue weighted by Gasteiger charge is 2.24. The average molecular weight is 429 g/mol. The Morgan fingerprint density at radius 3 is 2.57 bits per heavy atom.